The van der Waals surface area contributed by atoms with E-state index in [0.29, 0.717) is 0 Å². The van der Waals surface area contributed by atoms with Gasteiger partial charge in [-0.1, -0.05) is 11.6 Å². The van der Waals surface area contributed by atoms with E-state index >= 15 is 0 Å². The molecule has 0 bridgehead atoms. The average molecular weight is 247 g/mol. The fraction of sp³-hybridized carbons (Fsp3) is 0.571. The van der Waals surface area contributed by atoms with Gasteiger partial charge in [0.15, 0.2) is 0 Å². The molecular formula is C14H21N3O. The Labute approximate surface area is 108 Å². The van der Waals surface area contributed by atoms with Crippen LogP contribution >= 0.6 is 0 Å². The van der Waals surface area contributed by atoms with Gasteiger partial charge in [0, 0.05) is 17.8 Å². The number of aryl methyl sites for hydroxylation is 2. The van der Waals surface area contributed by atoms with Gasteiger partial charge in [-0.2, -0.15) is 0 Å². The summed E-state index contributed by atoms with van der Waals surface area (Å²) in [5, 5.41) is 3.41. The largest absolute Gasteiger partial charge is 0.377 e. The number of aromatic nitrogens is 2. The molecule has 0 atom stereocenters. The summed E-state index contributed by atoms with van der Waals surface area (Å²) in [4.78, 5) is 8.80. The highest BCUT2D eigenvalue weighted by Crippen LogP contribution is 2.16. The van der Waals surface area contributed by atoms with Crippen molar-refractivity contribution in [1.82, 2.24) is 9.97 Å². The van der Waals surface area contributed by atoms with E-state index < -0.39 is 0 Å². The molecule has 0 saturated heterocycles. The Balaban J connectivity index is 1.92. The number of ether oxygens (including phenoxy) is 1. The van der Waals surface area contributed by atoms with Gasteiger partial charge in [-0.3, -0.25) is 0 Å². The quantitative estimate of drug-likeness (QED) is 0.831. The van der Waals surface area contributed by atoms with Gasteiger partial charge in [-0.25, -0.2) is 9.97 Å². The Kier molecular flexibility index (Phi) is 4.31. The van der Waals surface area contributed by atoms with Crippen LogP contribution < -0.4 is 5.32 Å². The van der Waals surface area contributed by atoms with E-state index in [1.165, 1.54) is 5.57 Å². The van der Waals surface area contributed by atoms with Gasteiger partial charge >= 0.3 is 0 Å². The highest BCUT2D eigenvalue weighted by molar-refractivity contribution is 5.45. The van der Waals surface area contributed by atoms with Crippen LogP contribution in [0.2, 0.25) is 0 Å². The first-order chi connectivity index (χ1) is 8.66. The summed E-state index contributed by atoms with van der Waals surface area (Å²) in [6, 6.07) is 0. The van der Waals surface area contributed by atoms with Crippen LogP contribution in [0.1, 0.15) is 29.9 Å². The van der Waals surface area contributed by atoms with E-state index in [2.05, 4.69) is 28.3 Å². The Morgan fingerprint density at radius 1 is 1.28 bits per heavy atom. The van der Waals surface area contributed by atoms with Crippen molar-refractivity contribution in [3.63, 3.8) is 0 Å². The molecule has 18 heavy (non-hydrogen) atoms. The van der Waals surface area contributed by atoms with Crippen molar-refractivity contribution >= 4 is 5.82 Å². The summed E-state index contributed by atoms with van der Waals surface area (Å²) in [6.45, 7) is 8.55. The van der Waals surface area contributed by atoms with Crippen LogP contribution in [0.25, 0.3) is 0 Å². The van der Waals surface area contributed by atoms with E-state index in [-0.39, 0.29) is 0 Å². The summed E-state index contributed by atoms with van der Waals surface area (Å²) < 4.78 is 5.30. The summed E-state index contributed by atoms with van der Waals surface area (Å²) in [5.41, 5.74) is 3.67. The zero-order valence-electron chi connectivity index (χ0n) is 11.4. The Bertz CT molecular complexity index is 455. The van der Waals surface area contributed by atoms with Gasteiger partial charge in [0.1, 0.15) is 11.6 Å². The van der Waals surface area contributed by atoms with Gasteiger partial charge in [0.25, 0.3) is 0 Å². The lowest BCUT2D eigenvalue weighted by Gasteiger charge is -2.15. The molecule has 4 heteroatoms. The van der Waals surface area contributed by atoms with Crippen LogP contribution in [-0.4, -0.2) is 29.7 Å². The summed E-state index contributed by atoms with van der Waals surface area (Å²) in [7, 11) is 0. The number of hydrogen-bond donors (Lipinski definition) is 1. The van der Waals surface area contributed by atoms with Crippen molar-refractivity contribution in [2.75, 3.05) is 25.1 Å². The third kappa shape index (κ3) is 3.29. The van der Waals surface area contributed by atoms with E-state index in [4.69, 9.17) is 4.74 Å². The van der Waals surface area contributed by atoms with Gasteiger partial charge in [0.05, 0.1) is 13.2 Å². The SMILES string of the molecule is Cc1nc(C)c(C)c(NCCC2=CCOCC2)n1. The maximum absolute atomic E-state index is 5.30. The Hall–Kier alpha value is -1.42. The monoisotopic (exact) mass is 247 g/mol. The minimum absolute atomic E-state index is 0.764. The summed E-state index contributed by atoms with van der Waals surface area (Å²) in [5.74, 6) is 1.79. The summed E-state index contributed by atoms with van der Waals surface area (Å²) >= 11 is 0. The zero-order valence-corrected chi connectivity index (χ0v) is 11.4. The molecule has 1 N–H and O–H groups in total. The van der Waals surface area contributed by atoms with Crippen LogP contribution in [0.3, 0.4) is 0 Å². The van der Waals surface area contributed by atoms with Crippen LogP contribution in [-0.2, 0) is 4.74 Å². The summed E-state index contributed by atoms with van der Waals surface area (Å²) in [6.07, 6.45) is 4.31. The molecule has 1 aromatic rings. The smallest absolute Gasteiger partial charge is 0.132 e. The predicted octanol–water partition coefficient (Wildman–Crippen LogP) is 2.55. The van der Waals surface area contributed by atoms with Crippen molar-refractivity contribution in [1.29, 1.82) is 0 Å². The molecule has 4 nitrogen and oxygen atoms in total. The molecule has 1 aliphatic heterocycles. The van der Waals surface area contributed by atoms with Gasteiger partial charge < -0.3 is 10.1 Å². The first-order valence-electron chi connectivity index (χ1n) is 6.48. The van der Waals surface area contributed by atoms with E-state index in [0.717, 1.165) is 55.5 Å². The lowest BCUT2D eigenvalue weighted by Crippen LogP contribution is -2.11. The second-order valence-electron chi connectivity index (χ2n) is 4.69. The maximum Gasteiger partial charge on any atom is 0.132 e. The molecule has 0 aromatic carbocycles. The Morgan fingerprint density at radius 3 is 2.83 bits per heavy atom. The van der Waals surface area contributed by atoms with Crippen LogP contribution in [0.15, 0.2) is 11.6 Å². The highest BCUT2D eigenvalue weighted by Gasteiger charge is 2.07. The molecule has 0 amide bonds. The van der Waals surface area contributed by atoms with Crippen LogP contribution in [0.4, 0.5) is 5.82 Å². The molecule has 0 unspecified atom stereocenters. The normalized spacial score (nSPS) is 15.4. The third-order valence-corrected chi connectivity index (χ3v) is 3.30. The van der Waals surface area contributed by atoms with Gasteiger partial charge in [-0.15, -0.1) is 0 Å². The van der Waals surface area contributed by atoms with Crippen molar-refractivity contribution in [2.24, 2.45) is 0 Å². The molecule has 0 radical (unpaired) electrons. The molecule has 1 aromatic heterocycles. The number of nitrogens with one attached hydrogen (secondary N) is 1. The molecule has 2 rings (SSSR count). The number of nitrogens with zero attached hydrogens (tertiary/aromatic N) is 2. The standard InChI is InChI=1S/C14H21N3O/c1-10-11(2)16-12(3)17-14(10)15-7-4-13-5-8-18-9-6-13/h5H,4,6-9H2,1-3H3,(H,15,16,17). The van der Waals surface area contributed by atoms with E-state index in [1.807, 2.05) is 13.8 Å². The van der Waals surface area contributed by atoms with Crippen LogP contribution in [0.5, 0.6) is 0 Å². The molecule has 0 saturated carbocycles. The Morgan fingerprint density at radius 2 is 2.11 bits per heavy atom. The first-order valence-corrected chi connectivity index (χ1v) is 6.48. The molecule has 0 aliphatic carbocycles. The molecule has 2 heterocycles. The van der Waals surface area contributed by atoms with Crippen molar-refractivity contribution in [3.8, 4) is 0 Å². The second kappa shape index (κ2) is 5.96. The molecule has 98 valence electrons. The van der Waals surface area contributed by atoms with Crippen LogP contribution in [0, 0.1) is 20.8 Å². The van der Waals surface area contributed by atoms with Crippen molar-refractivity contribution in [3.05, 3.63) is 28.7 Å². The van der Waals surface area contributed by atoms with Crippen molar-refractivity contribution in [2.45, 2.75) is 33.6 Å². The fourth-order valence-electron chi connectivity index (χ4n) is 2.07. The number of anilines is 1. The zero-order chi connectivity index (χ0) is 13.0. The predicted molar refractivity (Wildman–Crippen MR) is 72.9 cm³/mol. The van der Waals surface area contributed by atoms with E-state index in [9.17, 15) is 0 Å². The molecule has 0 spiro atoms. The lowest BCUT2D eigenvalue weighted by molar-refractivity contribution is 0.153. The lowest BCUT2D eigenvalue weighted by atomic mass is 10.1. The number of rotatable bonds is 4. The first kappa shape index (κ1) is 13.0. The minimum Gasteiger partial charge on any atom is -0.377 e. The number of hydrogen-bond acceptors (Lipinski definition) is 4. The molecule has 0 fully saturated rings. The fourth-order valence-corrected chi connectivity index (χ4v) is 2.07. The van der Waals surface area contributed by atoms with Gasteiger partial charge in [0.2, 0.25) is 0 Å². The van der Waals surface area contributed by atoms with Crippen molar-refractivity contribution < 1.29 is 4.74 Å². The van der Waals surface area contributed by atoms with E-state index in [1.54, 1.807) is 0 Å². The highest BCUT2D eigenvalue weighted by atomic mass is 16.5. The molecule has 1 aliphatic rings. The van der Waals surface area contributed by atoms with Gasteiger partial charge in [-0.05, 0) is 33.6 Å². The topological polar surface area (TPSA) is 47.0 Å². The maximum atomic E-state index is 5.30. The second-order valence-corrected chi connectivity index (χ2v) is 4.69. The minimum atomic E-state index is 0.764. The molecular weight excluding hydrogens is 226 g/mol. The average Bonchev–Trinajstić information content (AvgIpc) is 2.36. The third-order valence-electron chi connectivity index (χ3n) is 3.30.